The summed E-state index contributed by atoms with van der Waals surface area (Å²) in [5.41, 5.74) is 0.935. The van der Waals surface area contributed by atoms with Crippen molar-refractivity contribution >= 4 is 46.7 Å². The number of carbonyl (C=O) groups is 1. The number of hydrogen-bond acceptors (Lipinski definition) is 5. The highest BCUT2D eigenvalue weighted by Gasteiger charge is 2.19. The van der Waals surface area contributed by atoms with E-state index in [0.29, 0.717) is 33.8 Å². The van der Waals surface area contributed by atoms with Crippen molar-refractivity contribution in [1.82, 2.24) is 19.7 Å². The third-order valence-electron chi connectivity index (χ3n) is 4.07. The average molecular weight is 468 g/mol. The maximum Gasteiger partial charge on any atom is 0.236 e. The Bertz CT molecular complexity index is 1070. The van der Waals surface area contributed by atoms with Crippen LogP contribution in [-0.2, 0) is 11.3 Å². The molecule has 0 saturated carbocycles. The van der Waals surface area contributed by atoms with E-state index in [1.807, 2.05) is 18.4 Å². The molecule has 1 aromatic carbocycles. The van der Waals surface area contributed by atoms with Crippen molar-refractivity contribution in [2.75, 3.05) is 11.1 Å². The van der Waals surface area contributed by atoms with E-state index >= 15 is 0 Å². The van der Waals surface area contributed by atoms with E-state index in [1.54, 1.807) is 25.1 Å². The van der Waals surface area contributed by atoms with E-state index in [2.05, 4.69) is 20.5 Å². The van der Waals surface area contributed by atoms with Gasteiger partial charge in [-0.05, 0) is 31.0 Å². The number of pyridine rings is 1. The van der Waals surface area contributed by atoms with Gasteiger partial charge in [-0.1, -0.05) is 60.9 Å². The Morgan fingerprint density at radius 2 is 1.97 bits per heavy atom. The minimum atomic E-state index is -0.372. The van der Waals surface area contributed by atoms with Gasteiger partial charge in [0.15, 0.2) is 16.8 Å². The molecule has 1 amide bonds. The first-order valence-electron chi connectivity index (χ1n) is 9.19. The second-order valence-electron chi connectivity index (χ2n) is 7.01. The van der Waals surface area contributed by atoms with Crippen LogP contribution < -0.4 is 5.32 Å². The lowest BCUT2D eigenvalue weighted by molar-refractivity contribution is -0.113. The summed E-state index contributed by atoms with van der Waals surface area (Å²) in [7, 11) is 0. The molecule has 0 fully saturated rings. The van der Waals surface area contributed by atoms with Gasteiger partial charge in [0, 0.05) is 6.54 Å². The monoisotopic (exact) mass is 467 g/mol. The Hall–Kier alpha value is -2.16. The third kappa shape index (κ3) is 5.30. The number of nitrogens with zero attached hydrogens (tertiary/aromatic N) is 4. The number of amides is 1. The molecule has 0 aliphatic heterocycles. The van der Waals surface area contributed by atoms with Crippen molar-refractivity contribution < 1.29 is 9.18 Å². The van der Waals surface area contributed by atoms with Crippen LogP contribution in [0.5, 0.6) is 0 Å². The molecule has 0 radical (unpaired) electrons. The first-order chi connectivity index (χ1) is 14.3. The number of thioether (sulfide) groups is 1. The minimum Gasteiger partial charge on any atom is -0.309 e. The minimum absolute atomic E-state index is 0.0627. The number of hydrogen-bond donors (Lipinski definition) is 1. The summed E-state index contributed by atoms with van der Waals surface area (Å²) in [6, 6.07) is 7.95. The number of rotatable bonds is 7. The summed E-state index contributed by atoms with van der Waals surface area (Å²) in [4.78, 5) is 16.6. The lowest BCUT2D eigenvalue weighted by Crippen LogP contribution is -2.16. The standard InChI is InChI=1S/C20H20Cl2FN5OS/c1-11(2)9-28-19(13-6-4-5-7-16(13)23)26-27-20(28)30-10-17(29)25-18-15(22)8-14(21)12(3)24-18/h4-8,11H,9-10H2,1-3H3,(H,24,25,29). The van der Waals surface area contributed by atoms with Gasteiger partial charge in [-0.15, -0.1) is 10.2 Å². The van der Waals surface area contributed by atoms with Crippen molar-refractivity contribution in [1.29, 1.82) is 0 Å². The third-order valence-corrected chi connectivity index (χ3v) is 5.71. The van der Waals surface area contributed by atoms with E-state index in [-0.39, 0.29) is 34.2 Å². The maximum atomic E-state index is 14.3. The number of nitrogens with one attached hydrogen (secondary N) is 1. The fourth-order valence-electron chi connectivity index (χ4n) is 2.71. The number of halogens is 3. The van der Waals surface area contributed by atoms with Crippen LogP contribution in [0.25, 0.3) is 11.4 Å². The van der Waals surface area contributed by atoms with Gasteiger partial charge in [0.2, 0.25) is 5.91 Å². The lowest BCUT2D eigenvalue weighted by atomic mass is 10.2. The number of anilines is 1. The molecule has 0 saturated heterocycles. The summed E-state index contributed by atoms with van der Waals surface area (Å²) in [6.45, 7) is 6.40. The first-order valence-corrected chi connectivity index (χ1v) is 10.9. The largest absolute Gasteiger partial charge is 0.309 e. The van der Waals surface area contributed by atoms with Crippen molar-refractivity contribution in [3.8, 4) is 11.4 Å². The quantitative estimate of drug-likeness (QED) is 0.465. The Morgan fingerprint density at radius 1 is 1.23 bits per heavy atom. The van der Waals surface area contributed by atoms with Crippen LogP contribution in [0.3, 0.4) is 0 Å². The summed E-state index contributed by atoms with van der Waals surface area (Å²) in [5, 5.41) is 12.2. The Balaban J connectivity index is 1.77. The summed E-state index contributed by atoms with van der Waals surface area (Å²) in [6.07, 6.45) is 0. The average Bonchev–Trinajstić information content (AvgIpc) is 3.06. The predicted octanol–water partition coefficient (Wildman–Crippen LogP) is 5.48. The Morgan fingerprint density at radius 3 is 2.67 bits per heavy atom. The SMILES string of the molecule is Cc1nc(NC(=O)CSc2nnc(-c3ccccc3F)n2CC(C)C)c(Cl)cc1Cl. The van der Waals surface area contributed by atoms with Gasteiger partial charge < -0.3 is 9.88 Å². The number of carbonyl (C=O) groups excluding carboxylic acids is 1. The van der Waals surface area contributed by atoms with Gasteiger partial charge in [0.05, 0.1) is 27.1 Å². The zero-order chi connectivity index (χ0) is 21.8. The molecule has 2 heterocycles. The van der Waals surface area contributed by atoms with E-state index in [0.717, 1.165) is 0 Å². The van der Waals surface area contributed by atoms with Gasteiger partial charge in [-0.2, -0.15) is 0 Å². The van der Waals surface area contributed by atoms with Gasteiger partial charge in [0.1, 0.15) is 5.82 Å². The van der Waals surface area contributed by atoms with Crippen LogP contribution in [0.2, 0.25) is 10.0 Å². The predicted molar refractivity (Wildman–Crippen MR) is 119 cm³/mol. The normalized spacial score (nSPS) is 11.2. The molecule has 2 aromatic heterocycles. The van der Waals surface area contributed by atoms with Crippen molar-refractivity contribution in [2.24, 2.45) is 5.92 Å². The number of aromatic nitrogens is 4. The van der Waals surface area contributed by atoms with E-state index < -0.39 is 0 Å². The summed E-state index contributed by atoms with van der Waals surface area (Å²) < 4.78 is 16.1. The number of benzene rings is 1. The molecule has 30 heavy (non-hydrogen) atoms. The molecule has 3 rings (SSSR count). The molecule has 0 aliphatic carbocycles. The summed E-state index contributed by atoms with van der Waals surface area (Å²) >= 11 is 13.3. The fraction of sp³-hybridized carbons (Fsp3) is 0.300. The fourth-order valence-corrected chi connectivity index (χ4v) is 3.87. The van der Waals surface area contributed by atoms with Gasteiger partial charge in [-0.25, -0.2) is 9.37 Å². The molecule has 0 unspecified atom stereocenters. The molecule has 158 valence electrons. The highest BCUT2D eigenvalue weighted by Crippen LogP contribution is 2.28. The molecule has 6 nitrogen and oxygen atoms in total. The van der Waals surface area contributed by atoms with Crippen LogP contribution >= 0.6 is 35.0 Å². The van der Waals surface area contributed by atoms with Crippen LogP contribution in [0.1, 0.15) is 19.5 Å². The summed E-state index contributed by atoms with van der Waals surface area (Å²) in [5.74, 6) is 0.348. The van der Waals surface area contributed by atoms with E-state index in [1.165, 1.54) is 23.9 Å². The van der Waals surface area contributed by atoms with Gasteiger partial charge >= 0.3 is 0 Å². The smallest absolute Gasteiger partial charge is 0.236 e. The molecule has 1 N–H and O–H groups in total. The van der Waals surface area contributed by atoms with Crippen molar-refractivity contribution in [3.05, 3.63) is 51.9 Å². The van der Waals surface area contributed by atoms with Gasteiger partial charge in [-0.3, -0.25) is 4.79 Å². The molecule has 0 spiro atoms. The molecule has 0 atom stereocenters. The lowest BCUT2D eigenvalue weighted by Gasteiger charge is -2.13. The molecule has 0 bridgehead atoms. The molecule has 3 aromatic rings. The molecular weight excluding hydrogens is 448 g/mol. The first kappa shape index (κ1) is 22.5. The topological polar surface area (TPSA) is 72.7 Å². The highest BCUT2D eigenvalue weighted by molar-refractivity contribution is 7.99. The van der Waals surface area contributed by atoms with Crippen molar-refractivity contribution in [2.45, 2.75) is 32.5 Å². The second-order valence-corrected chi connectivity index (χ2v) is 8.77. The van der Waals surface area contributed by atoms with Crippen LogP contribution in [0.15, 0.2) is 35.5 Å². The maximum absolute atomic E-state index is 14.3. The van der Waals surface area contributed by atoms with Crippen LogP contribution in [0.4, 0.5) is 10.2 Å². The zero-order valence-electron chi connectivity index (χ0n) is 16.6. The number of aryl methyl sites for hydroxylation is 1. The Kier molecular flexibility index (Phi) is 7.33. The highest BCUT2D eigenvalue weighted by atomic mass is 35.5. The van der Waals surface area contributed by atoms with Crippen LogP contribution in [-0.4, -0.2) is 31.4 Å². The molecule has 10 heteroatoms. The molecule has 0 aliphatic rings. The van der Waals surface area contributed by atoms with Gasteiger partial charge in [0.25, 0.3) is 0 Å². The second kappa shape index (κ2) is 9.76. The Labute approximate surface area is 188 Å². The van der Waals surface area contributed by atoms with Crippen molar-refractivity contribution in [3.63, 3.8) is 0 Å². The van der Waals surface area contributed by atoms with Crippen LogP contribution in [0, 0.1) is 18.7 Å². The van der Waals surface area contributed by atoms with E-state index in [9.17, 15) is 9.18 Å². The van der Waals surface area contributed by atoms with E-state index in [4.69, 9.17) is 23.2 Å². The zero-order valence-corrected chi connectivity index (χ0v) is 18.9. The molecular formula is C20H20Cl2FN5OS.